The fourth-order valence-corrected chi connectivity index (χ4v) is 1.95. The van der Waals surface area contributed by atoms with Crippen LogP contribution < -0.4 is 5.32 Å². The lowest BCUT2D eigenvalue weighted by molar-refractivity contribution is 0.0600. The van der Waals surface area contributed by atoms with Crippen molar-refractivity contribution >= 4 is 17.5 Å². The molecule has 0 amide bonds. The number of carbonyl (C=O) groups excluding carboxylic acids is 1. The van der Waals surface area contributed by atoms with Gasteiger partial charge in [-0.1, -0.05) is 18.2 Å². The molecule has 1 N–H and O–H groups in total. The Bertz CT molecular complexity index is 614. The number of esters is 1. The average Bonchev–Trinajstić information content (AvgIpc) is 2.53. The number of nitrogens with one attached hydrogen (secondary N) is 1. The van der Waals surface area contributed by atoms with Crippen molar-refractivity contribution < 1.29 is 14.3 Å². The largest absolute Gasteiger partial charge is 0.465 e. The number of aromatic nitrogens is 1. The highest BCUT2D eigenvalue weighted by molar-refractivity contribution is 5.90. The molecule has 5 heteroatoms. The van der Waals surface area contributed by atoms with Gasteiger partial charge in [-0.25, -0.2) is 9.78 Å². The monoisotopic (exact) mass is 286 g/mol. The fraction of sp³-hybridized carbons (Fsp3) is 0.250. The Kier molecular flexibility index (Phi) is 5.29. The van der Waals surface area contributed by atoms with E-state index >= 15 is 0 Å². The van der Waals surface area contributed by atoms with Crippen molar-refractivity contribution in [2.24, 2.45) is 0 Å². The number of para-hydroxylation sites is 1. The summed E-state index contributed by atoms with van der Waals surface area (Å²) in [6.07, 6.45) is 2.38. The minimum atomic E-state index is -0.381. The van der Waals surface area contributed by atoms with Gasteiger partial charge in [0, 0.05) is 19.0 Å². The number of hydrogen-bond acceptors (Lipinski definition) is 5. The molecule has 5 nitrogen and oxygen atoms in total. The molecule has 0 saturated heterocycles. The van der Waals surface area contributed by atoms with Crippen LogP contribution >= 0.6 is 0 Å². The molecule has 1 aromatic carbocycles. The molecule has 0 unspecified atom stereocenters. The third-order valence-corrected chi connectivity index (χ3v) is 3.04. The second-order valence-corrected chi connectivity index (χ2v) is 4.45. The molecule has 0 atom stereocenters. The molecule has 0 bridgehead atoms. The Hall–Kier alpha value is -2.40. The maximum absolute atomic E-state index is 11.5. The van der Waals surface area contributed by atoms with Gasteiger partial charge in [-0.05, 0) is 30.2 Å². The van der Waals surface area contributed by atoms with Gasteiger partial charge in [0.05, 0.1) is 19.3 Å². The van der Waals surface area contributed by atoms with E-state index in [2.05, 4.69) is 10.3 Å². The zero-order valence-corrected chi connectivity index (χ0v) is 12.1. The Morgan fingerprint density at radius 1 is 1.24 bits per heavy atom. The number of methoxy groups -OCH3 is 2. The van der Waals surface area contributed by atoms with Gasteiger partial charge >= 0.3 is 5.97 Å². The molecule has 1 aromatic heterocycles. The van der Waals surface area contributed by atoms with Crippen LogP contribution in [0.1, 0.15) is 15.9 Å². The Morgan fingerprint density at radius 2 is 2.05 bits per heavy atom. The topological polar surface area (TPSA) is 60.5 Å². The highest BCUT2D eigenvalue weighted by Crippen LogP contribution is 2.20. The van der Waals surface area contributed by atoms with E-state index in [0.717, 1.165) is 17.7 Å². The van der Waals surface area contributed by atoms with E-state index in [1.54, 1.807) is 25.4 Å². The Morgan fingerprint density at radius 3 is 2.81 bits per heavy atom. The first-order chi connectivity index (χ1) is 10.2. The van der Waals surface area contributed by atoms with Crippen LogP contribution in [0.15, 0.2) is 42.6 Å². The summed E-state index contributed by atoms with van der Waals surface area (Å²) in [7, 11) is 3.04. The van der Waals surface area contributed by atoms with Gasteiger partial charge in [0.2, 0.25) is 0 Å². The second kappa shape index (κ2) is 7.40. The molecule has 1 heterocycles. The summed E-state index contributed by atoms with van der Waals surface area (Å²) < 4.78 is 9.82. The van der Waals surface area contributed by atoms with Crippen LogP contribution in [0.5, 0.6) is 0 Å². The minimum absolute atomic E-state index is 0.381. The lowest BCUT2D eigenvalue weighted by Gasteiger charge is -2.11. The maximum atomic E-state index is 11.5. The molecule has 0 fully saturated rings. The number of rotatable bonds is 6. The van der Waals surface area contributed by atoms with Gasteiger partial charge in [-0.15, -0.1) is 0 Å². The molecule has 2 rings (SSSR count). The third-order valence-electron chi connectivity index (χ3n) is 3.04. The molecule has 0 aliphatic rings. The number of hydrogen-bond donors (Lipinski definition) is 1. The summed E-state index contributed by atoms with van der Waals surface area (Å²) in [5.74, 6) is 0.218. The zero-order valence-electron chi connectivity index (χ0n) is 12.1. The summed E-state index contributed by atoms with van der Waals surface area (Å²) in [5.41, 5.74) is 2.54. The van der Waals surface area contributed by atoms with E-state index in [1.807, 2.05) is 24.3 Å². The number of ether oxygens (including phenoxy) is 2. The SMILES string of the molecule is COCCc1ccccc1Nc1cc(C(=O)OC)ccn1. The van der Waals surface area contributed by atoms with Crippen LogP contribution in [-0.4, -0.2) is 31.8 Å². The summed E-state index contributed by atoms with van der Waals surface area (Å²) in [4.78, 5) is 15.8. The minimum Gasteiger partial charge on any atom is -0.465 e. The van der Waals surface area contributed by atoms with E-state index in [0.29, 0.717) is 18.0 Å². The Balaban J connectivity index is 2.20. The smallest absolute Gasteiger partial charge is 0.338 e. The first-order valence-corrected chi connectivity index (χ1v) is 6.63. The van der Waals surface area contributed by atoms with Gasteiger partial charge in [-0.2, -0.15) is 0 Å². The van der Waals surface area contributed by atoms with Crippen molar-refractivity contribution in [2.75, 3.05) is 26.1 Å². The van der Waals surface area contributed by atoms with E-state index in [9.17, 15) is 4.79 Å². The van der Waals surface area contributed by atoms with Gasteiger partial charge in [0.15, 0.2) is 0 Å². The molecule has 2 aromatic rings. The number of anilines is 2. The molecule has 21 heavy (non-hydrogen) atoms. The van der Waals surface area contributed by atoms with Crippen LogP contribution in [0.4, 0.5) is 11.5 Å². The fourth-order valence-electron chi connectivity index (χ4n) is 1.95. The number of nitrogens with zero attached hydrogens (tertiary/aromatic N) is 1. The highest BCUT2D eigenvalue weighted by atomic mass is 16.5. The van der Waals surface area contributed by atoms with Crippen molar-refractivity contribution in [2.45, 2.75) is 6.42 Å². The average molecular weight is 286 g/mol. The predicted octanol–water partition coefficient (Wildman–Crippen LogP) is 2.80. The van der Waals surface area contributed by atoms with Crippen molar-refractivity contribution in [3.63, 3.8) is 0 Å². The summed E-state index contributed by atoms with van der Waals surface area (Å²) in [5, 5.41) is 3.23. The quantitative estimate of drug-likeness (QED) is 0.827. The summed E-state index contributed by atoms with van der Waals surface area (Å²) in [6.45, 7) is 0.647. The van der Waals surface area contributed by atoms with Crippen LogP contribution in [0.3, 0.4) is 0 Å². The number of carbonyl (C=O) groups is 1. The van der Waals surface area contributed by atoms with Crippen molar-refractivity contribution in [3.8, 4) is 0 Å². The molecule has 0 spiro atoms. The molecular formula is C16H18N2O3. The third kappa shape index (κ3) is 4.03. The van der Waals surface area contributed by atoms with Crippen LogP contribution in [0, 0.1) is 0 Å². The molecule has 0 aliphatic carbocycles. The van der Waals surface area contributed by atoms with Crippen LogP contribution in [0.25, 0.3) is 0 Å². The standard InChI is InChI=1S/C16H18N2O3/c1-20-10-8-12-5-3-4-6-14(12)18-15-11-13(7-9-17-15)16(19)21-2/h3-7,9,11H,8,10H2,1-2H3,(H,17,18). The number of pyridine rings is 1. The van der Waals surface area contributed by atoms with Gasteiger partial charge in [0.25, 0.3) is 0 Å². The van der Waals surface area contributed by atoms with E-state index in [4.69, 9.17) is 9.47 Å². The van der Waals surface area contributed by atoms with Crippen LogP contribution in [-0.2, 0) is 15.9 Å². The first kappa shape index (κ1) is 15.0. The highest BCUT2D eigenvalue weighted by Gasteiger charge is 2.08. The predicted molar refractivity (Wildman–Crippen MR) is 80.9 cm³/mol. The van der Waals surface area contributed by atoms with Crippen LogP contribution in [0.2, 0.25) is 0 Å². The first-order valence-electron chi connectivity index (χ1n) is 6.63. The van der Waals surface area contributed by atoms with E-state index in [-0.39, 0.29) is 5.97 Å². The lowest BCUT2D eigenvalue weighted by atomic mass is 10.1. The maximum Gasteiger partial charge on any atom is 0.338 e. The van der Waals surface area contributed by atoms with Gasteiger partial charge < -0.3 is 14.8 Å². The van der Waals surface area contributed by atoms with Gasteiger partial charge in [0.1, 0.15) is 5.82 Å². The van der Waals surface area contributed by atoms with Gasteiger partial charge in [-0.3, -0.25) is 0 Å². The molecular weight excluding hydrogens is 268 g/mol. The Labute approximate surface area is 123 Å². The lowest BCUT2D eigenvalue weighted by Crippen LogP contribution is -2.04. The normalized spacial score (nSPS) is 10.2. The summed E-state index contributed by atoms with van der Waals surface area (Å²) in [6, 6.07) is 11.2. The van der Waals surface area contributed by atoms with Crippen molar-refractivity contribution in [1.82, 2.24) is 4.98 Å². The molecule has 0 saturated carbocycles. The zero-order chi connectivity index (χ0) is 15.1. The summed E-state index contributed by atoms with van der Waals surface area (Å²) >= 11 is 0. The number of benzene rings is 1. The molecule has 0 aliphatic heterocycles. The van der Waals surface area contributed by atoms with Crippen molar-refractivity contribution in [3.05, 3.63) is 53.7 Å². The van der Waals surface area contributed by atoms with E-state index < -0.39 is 0 Å². The van der Waals surface area contributed by atoms with E-state index in [1.165, 1.54) is 7.11 Å². The molecule has 110 valence electrons. The molecule has 0 radical (unpaired) electrons. The van der Waals surface area contributed by atoms with Crippen molar-refractivity contribution in [1.29, 1.82) is 0 Å². The second-order valence-electron chi connectivity index (χ2n) is 4.45.